The number of hydrogen-bond donors (Lipinski definition) is 1. The van der Waals surface area contributed by atoms with E-state index in [0.29, 0.717) is 6.42 Å². The van der Waals surface area contributed by atoms with Gasteiger partial charge >= 0.3 is 6.18 Å². The molecule has 2 nitrogen and oxygen atoms in total. The summed E-state index contributed by atoms with van der Waals surface area (Å²) in [6.45, 7) is 2.18. The van der Waals surface area contributed by atoms with Gasteiger partial charge < -0.3 is 5.32 Å². The Morgan fingerprint density at radius 3 is 2.20 bits per heavy atom. The third-order valence-corrected chi connectivity index (χ3v) is 4.24. The lowest BCUT2D eigenvalue weighted by Gasteiger charge is -2.29. The molecule has 0 radical (unpaired) electrons. The van der Waals surface area contributed by atoms with E-state index in [4.69, 9.17) is 0 Å². The Kier molecular flexibility index (Phi) is 7.00. The van der Waals surface area contributed by atoms with Crippen molar-refractivity contribution in [2.24, 2.45) is 5.41 Å². The Labute approximate surface area is 119 Å². The summed E-state index contributed by atoms with van der Waals surface area (Å²) in [5.74, 6) is -0.622. The number of ketones is 1. The summed E-state index contributed by atoms with van der Waals surface area (Å²) < 4.78 is 39.4. The fourth-order valence-corrected chi connectivity index (χ4v) is 2.81. The lowest BCUT2D eigenvalue weighted by molar-refractivity contribution is -0.214. The molecule has 0 aromatic heterocycles. The molecule has 5 heteroatoms. The van der Waals surface area contributed by atoms with Crippen molar-refractivity contribution in [1.29, 1.82) is 0 Å². The van der Waals surface area contributed by atoms with E-state index in [1.165, 1.54) is 19.3 Å². The van der Waals surface area contributed by atoms with Crippen molar-refractivity contribution in [3.8, 4) is 0 Å². The zero-order valence-corrected chi connectivity index (χ0v) is 12.3. The highest BCUT2D eigenvalue weighted by molar-refractivity contribution is 5.86. The van der Waals surface area contributed by atoms with Crippen LogP contribution >= 0.6 is 0 Å². The first-order valence-electron chi connectivity index (χ1n) is 7.75. The van der Waals surface area contributed by atoms with Crippen molar-refractivity contribution in [3.05, 3.63) is 0 Å². The van der Waals surface area contributed by atoms with E-state index in [-0.39, 0.29) is 25.9 Å². The fourth-order valence-electron chi connectivity index (χ4n) is 2.81. The van der Waals surface area contributed by atoms with Crippen LogP contribution in [0.4, 0.5) is 13.2 Å². The van der Waals surface area contributed by atoms with Gasteiger partial charge in [-0.2, -0.15) is 13.2 Å². The van der Waals surface area contributed by atoms with Gasteiger partial charge in [-0.25, -0.2) is 0 Å². The number of carbonyl (C=O) groups is 1. The normalized spacial score (nSPS) is 23.2. The molecule has 1 rings (SSSR count). The van der Waals surface area contributed by atoms with Gasteiger partial charge in [0.25, 0.3) is 0 Å². The monoisotopic (exact) mass is 293 g/mol. The first kappa shape index (κ1) is 17.5. The zero-order valence-electron chi connectivity index (χ0n) is 12.3. The molecule has 0 spiro atoms. The maximum Gasteiger partial charge on any atom is 0.402 e. The highest BCUT2D eigenvalue weighted by Gasteiger charge is 2.60. The van der Waals surface area contributed by atoms with Crippen molar-refractivity contribution < 1.29 is 18.0 Å². The zero-order chi connectivity index (χ0) is 15.1. The van der Waals surface area contributed by atoms with E-state index in [9.17, 15) is 18.0 Å². The lowest BCUT2D eigenvalue weighted by atomic mass is 9.79. The van der Waals surface area contributed by atoms with Crippen LogP contribution in [0.1, 0.15) is 64.7 Å². The van der Waals surface area contributed by atoms with Crippen LogP contribution in [0.5, 0.6) is 0 Å². The second kappa shape index (κ2) is 8.01. The van der Waals surface area contributed by atoms with E-state index in [0.717, 1.165) is 19.3 Å². The van der Waals surface area contributed by atoms with Gasteiger partial charge in [0.15, 0.2) is 0 Å². The molecule has 1 aliphatic rings. The van der Waals surface area contributed by atoms with Gasteiger partial charge in [0.2, 0.25) is 0 Å². The Balaban J connectivity index is 2.30. The van der Waals surface area contributed by atoms with Crippen molar-refractivity contribution in [1.82, 2.24) is 5.32 Å². The van der Waals surface area contributed by atoms with Crippen LogP contribution in [-0.4, -0.2) is 25.0 Å². The average molecular weight is 293 g/mol. The number of unbranched alkanes of at least 4 members (excludes halogenated alkanes) is 6. The quantitative estimate of drug-likeness (QED) is 0.644. The fraction of sp³-hybridized carbons (Fsp3) is 0.933. The molecule has 1 fully saturated rings. The predicted octanol–water partition coefficient (Wildman–Crippen LogP) is 4.24. The summed E-state index contributed by atoms with van der Waals surface area (Å²) in [5, 5.41) is 2.68. The summed E-state index contributed by atoms with van der Waals surface area (Å²) >= 11 is 0. The van der Waals surface area contributed by atoms with E-state index < -0.39 is 17.4 Å². The number of Topliss-reactive ketones (excluding diaryl/α,β-unsaturated/α-hetero) is 1. The maximum atomic E-state index is 13.1. The van der Waals surface area contributed by atoms with Crippen LogP contribution in [-0.2, 0) is 4.79 Å². The minimum atomic E-state index is -4.42. The first-order valence-corrected chi connectivity index (χ1v) is 7.75. The second-order valence-electron chi connectivity index (χ2n) is 5.80. The van der Waals surface area contributed by atoms with Gasteiger partial charge in [-0.3, -0.25) is 4.79 Å². The molecule has 1 aliphatic heterocycles. The van der Waals surface area contributed by atoms with Crippen molar-refractivity contribution in [2.45, 2.75) is 70.9 Å². The van der Waals surface area contributed by atoms with E-state index in [1.54, 1.807) is 0 Å². The molecule has 0 aromatic carbocycles. The number of carbonyl (C=O) groups excluding carboxylic acids is 1. The van der Waals surface area contributed by atoms with Crippen molar-refractivity contribution in [3.63, 3.8) is 0 Å². The third kappa shape index (κ3) is 4.47. The number of rotatable bonds is 9. The second-order valence-corrected chi connectivity index (χ2v) is 5.80. The molecule has 0 bridgehead atoms. The topological polar surface area (TPSA) is 29.1 Å². The van der Waals surface area contributed by atoms with Crippen LogP contribution in [0.3, 0.4) is 0 Å². The van der Waals surface area contributed by atoms with Crippen molar-refractivity contribution in [2.75, 3.05) is 13.1 Å². The number of halogens is 3. The average Bonchev–Trinajstić information content (AvgIpc) is 2.87. The molecule has 1 N–H and O–H groups in total. The molecule has 0 saturated carbocycles. The molecular weight excluding hydrogens is 267 g/mol. The van der Waals surface area contributed by atoms with Crippen LogP contribution in [0.2, 0.25) is 0 Å². The molecule has 1 saturated heterocycles. The Morgan fingerprint density at radius 1 is 1.10 bits per heavy atom. The molecule has 1 atom stereocenters. The van der Waals surface area contributed by atoms with Crippen LogP contribution in [0.25, 0.3) is 0 Å². The van der Waals surface area contributed by atoms with Crippen molar-refractivity contribution >= 4 is 5.78 Å². The molecule has 1 heterocycles. The van der Waals surface area contributed by atoms with E-state index in [1.807, 2.05) is 0 Å². The standard InChI is InChI=1S/C15H26F3NO/c1-2-3-4-5-6-7-8-9-13(20)14(15(16,17)18)10-11-19-12-14/h19H,2-12H2,1H3. The van der Waals surface area contributed by atoms with Crippen LogP contribution < -0.4 is 5.32 Å². The Morgan fingerprint density at radius 2 is 1.70 bits per heavy atom. The minimum Gasteiger partial charge on any atom is -0.315 e. The number of alkyl halides is 3. The third-order valence-electron chi connectivity index (χ3n) is 4.24. The molecule has 0 aliphatic carbocycles. The molecule has 118 valence electrons. The van der Waals surface area contributed by atoms with E-state index >= 15 is 0 Å². The smallest absolute Gasteiger partial charge is 0.315 e. The predicted molar refractivity (Wildman–Crippen MR) is 73.6 cm³/mol. The summed E-state index contributed by atoms with van der Waals surface area (Å²) in [7, 11) is 0. The lowest BCUT2D eigenvalue weighted by Crippen LogP contribution is -2.46. The Bertz CT molecular complexity index is 296. The molecule has 0 aromatic rings. The van der Waals surface area contributed by atoms with E-state index in [2.05, 4.69) is 12.2 Å². The number of hydrogen-bond acceptors (Lipinski definition) is 2. The summed E-state index contributed by atoms with van der Waals surface area (Å²) in [5.41, 5.74) is -2.12. The SMILES string of the molecule is CCCCCCCCCC(=O)C1(C(F)(F)F)CCNC1. The highest BCUT2D eigenvalue weighted by Crippen LogP contribution is 2.44. The van der Waals surface area contributed by atoms with Gasteiger partial charge in [0.05, 0.1) is 0 Å². The molecule has 1 unspecified atom stereocenters. The number of nitrogens with one attached hydrogen (secondary N) is 1. The van der Waals surface area contributed by atoms with Crippen LogP contribution in [0.15, 0.2) is 0 Å². The Hall–Kier alpha value is -0.580. The van der Waals surface area contributed by atoms with Gasteiger partial charge in [0.1, 0.15) is 11.2 Å². The minimum absolute atomic E-state index is 0.0645. The van der Waals surface area contributed by atoms with Crippen LogP contribution in [0, 0.1) is 5.41 Å². The maximum absolute atomic E-state index is 13.1. The largest absolute Gasteiger partial charge is 0.402 e. The van der Waals surface area contributed by atoms with Gasteiger partial charge in [-0.1, -0.05) is 45.4 Å². The molecular formula is C15H26F3NO. The summed E-state index contributed by atoms with van der Waals surface area (Å²) in [4.78, 5) is 12.0. The molecule has 20 heavy (non-hydrogen) atoms. The van der Waals surface area contributed by atoms with Gasteiger partial charge in [0, 0.05) is 13.0 Å². The summed E-state index contributed by atoms with van der Waals surface area (Å²) in [6.07, 6.45) is 2.69. The van der Waals surface area contributed by atoms with Gasteiger partial charge in [-0.05, 0) is 19.4 Å². The van der Waals surface area contributed by atoms with Gasteiger partial charge in [-0.15, -0.1) is 0 Å². The summed E-state index contributed by atoms with van der Waals surface area (Å²) in [6, 6.07) is 0. The first-order chi connectivity index (χ1) is 9.44. The highest BCUT2D eigenvalue weighted by atomic mass is 19.4. The molecule has 0 amide bonds.